The Morgan fingerprint density at radius 2 is 2.00 bits per heavy atom. The molecule has 0 aliphatic carbocycles. The van der Waals surface area contributed by atoms with Crippen LogP contribution in [0.25, 0.3) is 0 Å². The van der Waals surface area contributed by atoms with Crippen molar-refractivity contribution in [3.63, 3.8) is 0 Å². The summed E-state index contributed by atoms with van der Waals surface area (Å²) in [5.74, 6) is 0.183. The van der Waals surface area contributed by atoms with Crippen molar-refractivity contribution in [1.82, 2.24) is 4.57 Å². The van der Waals surface area contributed by atoms with Crippen LogP contribution in [0.1, 0.15) is 30.9 Å². The van der Waals surface area contributed by atoms with Gasteiger partial charge in [0.2, 0.25) is 0 Å². The molecule has 2 atom stereocenters. The van der Waals surface area contributed by atoms with Crippen LogP contribution in [-0.4, -0.2) is 21.4 Å². The number of ether oxygens (including phenoxy) is 1. The molecule has 0 saturated heterocycles. The van der Waals surface area contributed by atoms with Crippen LogP contribution < -0.4 is 16.0 Å². The fourth-order valence-electron chi connectivity index (χ4n) is 3.01. The Kier molecular flexibility index (Phi) is 3.25. The highest BCUT2D eigenvalue weighted by molar-refractivity contribution is 5.54. The van der Waals surface area contributed by atoms with Gasteiger partial charge in [-0.1, -0.05) is 6.07 Å². The molecule has 0 fully saturated rings. The third-order valence-electron chi connectivity index (χ3n) is 4.26. The summed E-state index contributed by atoms with van der Waals surface area (Å²) in [6, 6.07) is 8.87. The molecule has 3 rings (SSSR count). The molecule has 0 radical (unpaired) electrons. The van der Waals surface area contributed by atoms with Crippen LogP contribution in [0.5, 0.6) is 5.75 Å². The highest BCUT2D eigenvalue weighted by Gasteiger charge is 2.44. The van der Waals surface area contributed by atoms with Crippen molar-refractivity contribution in [3.8, 4) is 5.75 Å². The molecule has 2 aromatic rings. The van der Waals surface area contributed by atoms with E-state index in [4.69, 9.17) is 10.5 Å². The van der Waals surface area contributed by atoms with Crippen molar-refractivity contribution in [1.29, 1.82) is 0 Å². The van der Waals surface area contributed by atoms with Crippen molar-refractivity contribution in [2.45, 2.75) is 31.5 Å². The Balaban J connectivity index is 2.27. The van der Waals surface area contributed by atoms with Gasteiger partial charge in [0.05, 0.1) is 0 Å². The van der Waals surface area contributed by atoms with Gasteiger partial charge in [-0.25, -0.2) is 0 Å². The number of hydrogen-bond donors (Lipinski definition) is 2. The van der Waals surface area contributed by atoms with Gasteiger partial charge < -0.3 is 20.1 Å². The topological polar surface area (TPSA) is 77.5 Å². The van der Waals surface area contributed by atoms with E-state index in [2.05, 4.69) is 0 Å². The summed E-state index contributed by atoms with van der Waals surface area (Å²) >= 11 is 0. The van der Waals surface area contributed by atoms with Gasteiger partial charge in [-0.2, -0.15) is 0 Å². The van der Waals surface area contributed by atoms with Gasteiger partial charge in [0, 0.05) is 36.0 Å². The number of rotatable bonds is 1. The minimum Gasteiger partial charge on any atom is -0.485 e. The first-order chi connectivity index (χ1) is 10.3. The van der Waals surface area contributed by atoms with Gasteiger partial charge in [0.25, 0.3) is 5.56 Å². The Morgan fingerprint density at radius 3 is 2.73 bits per heavy atom. The van der Waals surface area contributed by atoms with Crippen LogP contribution in [0.3, 0.4) is 0 Å². The van der Waals surface area contributed by atoms with Crippen molar-refractivity contribution in [3.05, 3.63) is 58.0 Å². The smallest absolute Gasteiger partial charge is 0.254 e. The fourth-order valence-corrected chi connectivity index (χ4v) is 3.01. The predicted molar refractivity (Wildman–Crippen MR) is 85.1 cm³/mol. The number of aromatic nitrogens is 1. The predicted octanol–water partition coefficient (Wildman–Crippen LogP) is 1.63. The second-order valence-corrected chi connectivity index (χ2v) is 6.30. The van der Waals surface area contributed by atoms with Crippen LogP contribution in [0, 0.1) is 0 Å². The van der Waals surface area contributed by atoms with E-state index in [1.54, 1.807) is 43.6 Å². The molecular weight excluding hydrogens is 280 g/mol. The number of aryl methyl sites for hydroxylation is 1. The molecule has 5 heteroatoms. The van der Waals surface area contributed by atoms with Gasteiger partial charge in [-0.3, -0.25) is 4.79 Å². The minimum absolute atomic E-state index is 0.127. The average molecular weight is 300 g/mol. The number of anilines is 1. The number of aliphatic hydroxyl groups is 1. The maximum absolute atomic E-state index is 12.5. The van der Waals surface area contributed by atoms with E-state index in [9.17, 15) is 9.90 Å². The van der Waals surface area contributed by atoms with Gasteiger partial charge in [0.1, 0.15) is 17.5 Å². The summed E-state index contributed by atoms with van der Waals surface area (Å²) < 4.78 is 7.40. The lowest BCUT2D eigenvalue weighted by Gasteiger charge is -2.42. The van der Waals surface area contributed by atoms with E-state index in [-0.39, 0.29) is 5.56 Å². The lowest BCUT2D eigenvalue weighted by atomic mass is 9.77. The molecule has 0 spiro atoms. The largest absolute Gasteiger partial charge is 0.485 e. The van der Waals surface area contributed by atoms with Crippen molar-refractivity contribution < 1.29 is 9.84 Å². The van der Waals surface area contributed by atoms with Crippen LogP contribution >= 0.6 is 0 Å². The lowest BCUT2D eigenvalue weighted by Crippen LogP contribution is -2.50. The Labute approximate surface area is 129 Å². The molecule has 3 N–H and O–H groups in total. The van der Waals surface area contributed by atoms with Crippen molar-refractivity contribution >= 4 is 5.69 Å². The first kappa shape index (κ1) is 14.7. The van der Waals surface area contributed by atoms with E-state index in [1.807, 2.05) is 13.8 Å². The molecule has 116 valence electrons. The van der Waals surface area contributed by atoms with Gasteiger partial charge in [-0.15, -0.1) is 0 Å². The van der Waals surface area contributed by atoms with E-state index in [1.165, 1.54) is 4.57 Å². The second-order valence-electron chi connectivity index (χ2n) is 6.30. The van der Waals surface area contributed by atoms with Crippen LogP contribution in [0.15, 0.2) is 41.3 Å². The number of nitrogens with two attached hydrogens (primary N) is 1. The zero-order valence-corrected chi connectivity index (χ0v) is 12.9. The van der Waals surface area contributed by atoms with Crippen LogP contribution in [0.2, 0.25) is 0 Å². The standard InChI is InChI=1S/C17H20N2O3/c1-17(2)15(20)14(11-5-4-8-19(3)16(11)21)12-9-10(18)6-7-13(12)22-17/h4-9,14-15,20H,18H2,1-3H3. The van der Waals surface area contributed by atoms with Gasteiger partial charge >= 0.3 is 0 Å². The van der Waals surface area contributed by atoms with E-state index in [0.717, 1.165) is 5.56 Å². The van der Waals surface area contributed by atoms with Gasteiger partial charge in [-0.05, 0) is 38.1 Å². The van der Waals surface area contributed by atoms with Crippen LogP contribution in [0.4, 0.5) is 5.69 Å². The van der Waals surface area contributed by atoms with Crippen LogP contribution in [-0.2, 0) is 7.05 Å². The maximum atomic E-state index is 12.5. The molecule has 22 heavy (non-hydrogen) atoms. The molecule has 1 aromatic heterocycles. The number of benzene rings is 1. The SMILES string of the molecule is Cn1cccc(C2c3cc(N)ccc3OC(C)(C)C2O)c1=O. The Morgan fingerprint density at radius 1 is 1.27 bits per heavy atom. The summed E-state index contributed by atoms with van der Waals surface area (Å²) in [6.45, 7) is 3.63. The van der Waals surface area contributed by atoms with Gasteiger partial charge in [0.15, 0.2) is 0 Å². The lowest BCUT2D eigenvalue weighted by molar-refractivity contribution is -0.0513. The molecule has 1 aliphatic rings. The summed E-state index contributed by atoms with van der Waals surface area (Å²) in [5, 5.41) is 10.8. The number of pyridine rings is 1. The average Bonchev–Trinajstić information content (AvgIpc) is 2.45. The molecule has 2 unspecified atom stereocenters. The maximum Gasteiger partial charge on any atom is 0.254 e. The summed E-state index contributed by atoms with van der Waals surface area (Å²) in [7, 11) is 1.70. The highest BCUT2D eigenvalue weighted by Crippen LogP contribution is 2.44. The minimum atomic E-state index is -0.850. The monoisotopic (exact) mass is 300 g/mol. The Bertz CT molecular complexity index is 780. The zero-order chi connectivity index (χ0) is 16.1. The number of fused-ring (bicyclic) bond motifs is 1. The molecule has 5 nitrogen and oxygen atoms in total. The second kappa shape index (κ2) is 4.88. The fraction of sp³-hybridized carbons (Fsp3) is 0.353. The first-order valence-electron chi connectivity index (χ1n) is 7.23. The van der Waals surface area contributed by atoms with Crippen molar-refractivity contribution in [2.24, 2.45) is 7.05 Å². The molecule has 0 saturated carbocycles. The molecule has 2 heterocycles. The van der Waals surface area contributed by atoms with E-state index >= 15 is 0 Å². The number of hydrogen-bond acceptors (Lipinski definition) is 4. The Hall–Kier alpha value is -2.27. The molecule has 1 aliphatic heterocycles. The first-order valence-corrected chi connectivity index (χ1v) is 7.23. The quantitative estimate of drug-likeness (QED) is 0.785. The summed E-state index contributed by atoms with van der Waals surface area (Å²) in [5.41, 5.74) is 6.82. The molecule has 1 aromatic carbocycles. The zero-order valence-electron chi connectivity index (χ0n) is 12.9. The summed E-state index contributed by atoms with van der Waals surface area (Å²) in [6.07, 6.45) is 0.847. The number of aliphatic hydroxyl groups excluding tert-OH is 1. The normalized spacial score (nSPS) is 22.7. The number of nitrogens with zero attached hydrogens (tertiary/aromatic N) is 1. The van der Waals surface area contributed by atoms with E-state index < -0.39 is 17.6 Å². The third kappa shape index (κ3) is 2.18. The molecule has 0 amide bonds. The molecule has 0 bridgehead atoms. The van der Waals surface area contributed by atoms with Crippen molar-refractivity contribution in [2.75, 3.05) is 5.73 Å². The van der Waals surface area contributed by atoms with E-state index in [0.29, 0.717) is 17.0 Å². The highest BCUT2D eigenvalue weighted by atomic mass is 16.5. The molecular formula is C17H20N2O3. The number of nitrogen functional groups attached to an aromatic ring is 1. The summed E-state index contributed by atoms with van der Waals surface area (Å²) in [4.78, 5) is 12.5. The third-order valence-corrected chi connectivity index (χ3v) is 4.26.